The van der Waals surface area contributed by atoms with Crippen LogP contribution in [0.5, 0.6) is 0 Å². The van der Waals surface area contributed by atoms with Gasteiger partial charge in [-0.05, 0) is 48.6 Å². The van der Waals surface area contributed by atoms with Crippen LogP contribution in [0.2, 0.25) is 0 Å². The van der Waals surface area contributed by atoms with Gasteiger partial charge in [-0.25, -0.2) is 4.79 Å². The molecule has 2 rings (SSSR count). The van der Waals surface area contributed by atoms with Gasteiger partial charge in [-0.15, -0.1) is 0 Å². The number of amides is 2. The number of nitrogens with one attached hydrogen (secondary N) is 2. The van der Waals surface area contributed by atoms with Crippen molar-refractivity contribution in [1.29, 1.82) is 0 Å². The Labute approximate surface area is 146 Å². The molecule has 2 aromatic carbocycles. The standard InChI is InChI=1S/C19H23BrN2O/c1-2-3-6-15-9-11-17(12-10-15)22-19(23)21-14-13-16-7-4-5-8-18(16)20/h4-5,7-12H,2-3,6,13-14H2,1H3,(H2,21,22,23). The minimum Gasteiger partial charge on any atom is -0.338 e. The van der Waals surface area contributed by atoms with E-state index in [9.17, 15) is 4.79 Å². The second-order valence-corrected chi connectivity index (χ2v) is 6.38. The highest BCUT2D eigenvalue weighted by Gasteiger charge is 2.03. The molecule has 0 heterocycles. The minimum atomic E-state index is -0.168. The molecule has 0 aliphatic carbocycles. The van der Waals surface area contributed by atoms with Crippen LogP contribution < -0.4 is 10.6 Å². The highest BCUT2D eigenvalue weighted by Crippen LogP contribution is 2.16. The summed E-state index contributed by atoms with van der Waals surface area (Å²) in [7, 11) is 0. The molecule has 0 aromatic heterocycles. The SMILES string of the molecule is CCCCc1ccc(NC(=O)NCCc2ccccc2Br)cc1. The molecule has 4 heteroatoms. The molecule has 0 unspecified atom stereocenters. The molecule has 0 aliphatic heterocycles. The molecule has 2 N–H and O–H groups in total. The zero-order chi connectivity index (χ0) is 16.5. The van der Waals surface area contributed by atoms with Crippen molar-refractivity contribution in [3.05, 3.63) is 64.1 Å². The Kier molecular flexibility index (Phi) is 7.14. The molecule has 0 saturated carbocycles. The van der Waals surface area contributed by atoms with E-state index in [0.717, 1.165) is 23.0 Å². The Balaban J connectivity index is 1.75. The quantitative estimate of drug-likeness (QED) is 0.690. The Hall–Kier alpha value is -1.81. The van der Waals surface area contributed by atoms with E-state index >= 15 is 0 Å². The molecule has 0 saturated heterocycles. The highest BCUT2D eigenvalue weighted by molar-refractivity contribution is 9.10. The summed E-state index contributed by atoms with van der Waals surface area (Å²) in [6.07, 6.45) is 4.28. The van der Waals surface area contributed by atoms with E-state index in [1.54, 1.807) is 0 Å². The second-order valence-electron chi connectivity index (χ2n) is 5.52. The monoisotopic (exact) mass is 374 g/mol. The zero-order valence-corrected chi connectivity index (χ0v) is 15.0. The van der Waals surface area contributed by atoms with Gasteiger partial charge in [0.1, 0.15) is 0 Å². The first-order chi connectivity index (χ1) is 11.2. The number of aryl methyl sites for hydroxylation is 1. The summed E-state index contributed by atoms with van der Waals surface area (Å²) in [5.74, 6) is 0. The first kappa shape index (κ1) is 17.5. The number of carbonyl (C=O) groups is 1. The molecule has 0 spiro atoms. The molecule has 0 fully saturated rings. The van der Waals surface area contributed by atoms with Crippen molar-refractivity contribution in [2.45, 2.75) is 32.6 Å². The topological polar surface area (TPSA) is 41.1 Å². The molecule has 23 heavy (non-hydrogen) atoms. The van der Waals surface area contributed by atoms with Gasteiger partial charge < -0.3 is 10.6 Å². The largest absolute Gasteiger partial charge is 0.338 e. The smallest absolute Gasteiger partial charge is 0.319 e. The van der Waals surface area contributed by atoms with E-state index in [1.165, 1.54) is 24.0 Å². The molecule has 0 aliphatic rings. The van der Waals surface area contributed by atoms with Gasteiger partial charge >= 0.3 is 6.03 Å². The summed E-state index contributed by atoms with van der Waals surface area (Å²) in [5.41, 5.74) is 3.32. The van der Waals surface area contributed by atoms with Gasteiger partial charge in [-0.1, -0.05) is 59.6 Å². The maximum Gasteiger partial charge on any atom is 0.319 e. The number of benzene rings is 2. The van der Waals surface area contributed by atoms with Gasteiger partial charge in [-0.3, -0.25) is 0 Å². The van der Waals surface area contributed by atoms with E-state index in [1.807, 2.05) is 30.3 Å². The number of anilines is 1. The number of urea groups is 1. The van der Waals surface area contributed by atoms with Crippen molar-refractivity contribution < 1.29 is 4.79 Å². The number of hydrogen-bond acceptors (Lipinski definition) is 1. The van der Waals surface area contributed by atoms with Crippen molar-refractivity contribution in [3.8, 4) is 0 Å². The van der Waals surface area contributed by atoms with E-state index in [2.05, 4.69) is 51.7 Å². The number of carbonyl (C=O) groups excluding carboxylic acids is 1. The Bertz CT molecular complexity index is 626. The van der Waals surface area contributed by atoms with Crippen molar-refractivity contribution in [1.82, 2.24) is 5.32 Å². The summed E-state index contributed by atoms with van der Waals surface area (Å²) in [6.45, 7) is 2.79. The lowest BCUT2D eigenvalue weighted by Crippen LogP contribution is -2.30. The van der Waals surface area contributed by atoms with Crippen molar-refractivity contribution >= 4 is 27.6 Å². The first-order valence-corrected chi connectivity index (χ1v) is 8.85. The fraction of sp³-hybridized carbons (Fsp3) is 0.316. The highest BCUT2D eigenvalue weighted by atomic mass is 79.9. The van der Waals surface area contributed by atoms with Gasteiger partial charge in [0.05, 0.1) is 0 Å². The van der Waals surface area contributed by atoms with Crippen LogP contribution in [0.3, 0.4) is 0 Å². The van der Waals surface area contributed by atoms with Crippen LogP contribution in [0, 0.1) is 0 Å². The molecule has 0 radical (unpaired) electrons. The van der Waals surface area contributed by atoms with Crippen LogP contribution in [-0.2, 0) is 12.8 Å². The fourth-order valence-electron chi connectivity index (χ4n) is 2.32. The average Bonchev–Trinajstić information content (AvgIpc) is 2.56. The summed E-state index contributed by atoms with van der Waals surface area (Å²) >= 11 is 3.51. The van der Waals surface area contributed by atoms with Crippen LogP contribution in [-0.4, -0.2) is 12.6 Å². The van der Waals surface area contributed by atoms with Crippen LogP contribution in [0.4, 0.5) is 10.5 Å². The third-order valence-electron chi connectivity index (χ3n) is 3.67. The molecule has 0 atom stereocenters. The summed E-state index contributed by atoms with van der Waals surface area (Å²) in [4.78, 5) is 11.9. The van der Waals surface area contributed by atoms with Crippen LogP contribution >= 0.6 is 15.9 Å². The minimum absolute atomic E-state index is 0.168. The number of hydrogen-bond donors (Lipinski definition) is 2. The van der Waals surface area contributed by atoms with Crippen molar-refractivity contribution in [2.24, 2.45) is 0 Å². The first-order valence-electron chi connectivity index (χ1n) is 8.06. The molecule has 0 bridgehead atoms. The van der Waals surface area contributed by atoms with Gasteiger partial charge in [-0.2, -0.15) is 0 Å². The van der Waals surface area contributed by atoms with E-state index in [-0.39, 0.29) is 6.03 Å². The average molecular weight is 375 g/mol. The fourth-order valence-corrected chi connectivity index (χ4v) is 2.81. The Morgan fingerprint density at radius 3 is 2.48 bits per heavy atom. The number of unbranched alkanes of at least 4 members (excludes halogenated alkanes) is 1. The normalized spacial score (nSPS) is 10.3. The number of rotatable bonds is 7. The number of halogens is 1. The van der Waals surface area contributed by atoms with Gasteiger partial charge in [0.2, 0.25) is 0 Å². The third kappa shape index (κ3) is 6.06. The van der Waals surface area contributed by atoms with E-state index in [0.29, 0.717) is 6.54 Å². The molecule has 3 nitrogen and oxygen atoms in total. The molecular formula is C19H23BrN2O. The van der Waals surface area contributed by atoms with Gasteiger partial charge in [0.15, 0.2) is 0 Å². The van der Waals surface area contributed by atoms with Crippen molar-refractivity contribution in [3.63, 3.8) is 0 Å². The lowest BCUT2D eigenvalue weighted by molar-refractivity contribution is 0.252. The third-order valence-corrected chi connectivity index (χ3v) is 4.44. The van der Waals surface area contributed by atoms with Crippen LogP contribution in [0.1, 0.15) is 30.9 Å². The van der Waals surface area contributed by atoms with E-state index < -0.39 is 0 Å². The Morgan fingerprint density at radius 1 is 1.04 bits per heavy atom. The van der Waals surface area contributed by atoms with Gasteiger partial charge in [0.25, 0.3) is 0 Å². The zero-order valence-electron chi connectivity index (χ0n) is 13.4. The van der Waals surface area contributed by atoms with Crippen LogP contribution in [0.25, 0.3) is 0 Å². The van der Waals surface area contributed by atoms with Crippen molar-refractivity contribution in [2.75, 3.05) is 11.9 Å². The molecule has 2 aromatic rings. The summed E-state index contributed by atoms with van der Waals surface area (Å²) in [5, 5.41) is 5.75. The maximum absolute atomic E-state index is 11.9. The predicted molar refractivity (Wildman–Crippen MR) is 99.9 cm³/mol. The molecular weight excluding hydrogens is 352 g/mol. The van der Waals surface area contributed by atoms with E-state index in [4.69, 9.17) is 0 Å². The predicted octanol–water partition coefficient (Wildman–Crippen LogP) is 5.16. The molecule has 122 valence electrons. The summed E-state index contributed by atoms with van der Waals surface area (Å²) < 4.78 is 1.07. The lowest BCUT2D eigenvalue weighted by atomic mass is 10.1. The molecule has 2 amide bonds. The second kappa shape index (κ2) is 9.36. The maximum atomic E-state index is 11.9. The van der Waals surface area contributed by atoms with Gasteiger partial charge in [0, 0.05) is 16.7 Å². The lowest BCUT2D eigenvalue weighted by Gasteiger charge is -2.09. The van der Waals surface area contributed by atoms with Crippen LogP contribution in [0.15, 0.2) is 53.0 Å². The summed E-state index contributed by atoms with van der Waals surface area (Å²) in [6, 6.07) is 15.9. The Morgan fingerprint density at radius 2 is 1.78 bits per heavy atom.